The number of benzene rings is 1. The van der Waals surface area contributed by atoms with E-state index in [0.29, 0.717) is 12.0 Å². The third kappa shape index (κ3) is 2.69. The van der Waals surface area contributed by atoms with Gasteiger partial charge in [-0.3, -0.25) is 9.48 Å². The van der Waals surface area contributed by atoms with E-state index in [0.717, 1.165) is 5.56 Å². The third-order valence-corrected chi connectivity index (χ3v) is 5.53. The first-order chi connectivity index (χ1) is 10.4. The van der Waals surface area contributed by atoms with Gasteiger partial charge in [0, 0.05) is 11.8 Å². The van der Waals surface area contributed by atoms with Gasteiger partial charge in [0.25, 0.3) is 5.91 Å². The van der Waals surface area contributed by atoms with Gasteiger partial charge in [-0.2, -0.15) is 5.10 Å². The van der Waals surface area contributed by atoms with Crippen LogP contribution in [0.2, 0.25) is 0 Å². The van der Waals surface area contributed by atoms with Gasteiger partial charge in [0.2, 0.25) is 0 Å². The summed E-state index contributed by atoms with van der Waals surface area (Å²) < 4.78 is 24.7. The van der Waals surface area contributed by atoms with Crippen molar-refractivity contribution >= 4 is 15.7 Å². The van der Waals surface area contributed by atoms with Crippen LogP contribution in [-0.2, 0) is 9.84 Å². The van der Waals surface area contributed by atoms with E-state index in [-0.39, 0.29) is 28.9 Å². The van der Waals surface area contributed by atoms with Crippen LogP contribution in [0.3, 0.4) is 0 Å². The minimum absolute atomic E-state index is 0.0358. The van der Waals surface area contributed by atoms with E-state index >= 15 is 0 Å². The molecule has 2 heterocycles. The second kappa shape index (κ2) is 5.13. The lowest BCUT2D eigenvalue weighted by atomic mass is 10.1. The second-order valence-electron chi connectivity index (χ2n) is 5.36. The van der Waals surface area contributed by atoms with Crippen LogP contribution < -0.4 is 5.73 Å². The van der Waals surface area contributed by atoms with Gasteiger partial charge in [-0.25, -0.2) is 8.42 Å². The van der Waals surface area contributed by atoms with E-state index in [1.165, 1.54) is 12.1 Å². The molecule has 1 aromatic heterocycles. The summed E-state index contributed by atoms with van der Waals surface area (Å²) in [7, 11) is -2.98. The molecule has 3 N–H and O–H groups in total. The number of carbonyl (C=O) groups excluding carboxylic acids is 1. The lowest BCUT2D eigenvalue weighted by Crippen LogP contribution is -2.11. The van der Waals surface area contributed by atoms with Crippen LogP contribution in [0.25, 0.3) is 11.1 Å². The molecule has 0 bridgehead atoms. The standard InChI is InChI=1S/C14H15N3O4S/c15-14(19)12-5-9(1-2-13(12)18)10-6-16-17(7-10)11-3-4-22(20,21)8-11/h1-2,5-7,11,18H,3-4,8H2,(H2,15,19)/t11-/m1/s1. The number of nitrogens with two attached hydrogens (primary N) is 1. The van der Waals surface area contributed by atoms with Crippen LogP contribution in [0, 0.1) is 0 Å². The Morgan fingerprint density at radius 3 is 2.77 bits per heavy atom. The van der Waals surface area contributed by atoms with Gasteiger partial charge in [-0.05, 0) is 24.1 Å². The molecule has 1 amide bonds. The van der Waals surface area contributed by atoms with Crippen molar-refractivity contribution in [3.8, 4) is 16.9 Å². The van der Waals surface area contributed by atoms with Crippen molar-refractivity contribution in [2.75, 3.05) is 11.5 Å². The first-order valence-corrected chi connectivity index (χ1v) is 8.55. The van der Waals surface area contributed by atoms with Crippen molar-refractivity contribution in [3.05, 3.63) is 36.2 Å². The van der Waals surface area contributed by atoms with Gasteiger partial charge in [0.15, 0.2) is 9.84 Å². The highest BCUT2D eigenvalue weighted by Crippen LogP contribution is 2.28. The predicted molar refractivity (Wildman–Crippen MR) is 80.2 cm³/mol. The summed E-state index contributed by atoms with van der Waals surface area (Å²) in [5, 5.41) is 13.8. The molecule has 116 valence electrons. The molecule has 7 nitrogen and oxygen atoms in total. The van der Waals surface area contributed by atoms with Crippen LogP contribution in [-0.4, -0.2) is 40.7 Å². The molecule has 1 aromatic carbocycles. The Morgan fingerprint density at radius 1 is 1.36 bits per heavy atom. The number of amides is 1. The Labute approximate surface area is 127 Å². The first kappa shape index (κ1) is 14.6. The number of nitrogens with zero attached hydrogens (tertiary/aromatic N) is 2. The monoisotopic (exact) mass is 321 g/mol. The normalized spacial score (nSPS) is 20.1. The van der Waals surface area contributed by atoms with Crippen molar-refractivity contribution in [1.82, 2.24) is 9.78 Å². The molecule has 1 aliphatic heterocycles. The second-order valence-corrected chi connectivity index (χ2v) is 7.59. The first-order valence-electron chi connectivity index (χ1n) is 6.73. The fourth-order valence-electron chi connectivity index (χ4n) is 2.58. The topological polar surface area (TPSA) is 115 Å². The average Bonchev–Trinajstić information content (AvgIpc) is 3.05. The molecular formula is C14H15N3O4S. The van der Waals surface area contributed by atoms with Crippen molar-refractivity contribution in [2.45, 2.75) is 12.5 Å². The van der Waals surface area contributed by atoms with E-state index < -0.39 is 15.7 Å². The molecular weight excluding hydrogens is 306 g/mol. The summed E-state index contributed by atoms with van der Waals surface area (Å²) >= 11 is 0. The largest absolute Gasteiger partial charge is 0.507 e. The Morgan fingerprint density at radius 2 is 2.14 bits per heavy atom. The number of hydrogen-bond acceptors (Lipinski definition) is 5. The van der Waals surface area contributed by atoms with Crippen LogP contribution in [0.1, 0.15) is 22.8 Å². The summed E-state index contributed by atoms with van der Waals surface area (Å²) in [5.74, 6) is -0.618. The Kier molecular flexibility index (Phi) is 3.40. The van der Waals surface area contributed by atoms with Crippen LogP contribution in [0.15, 0.2) is 30.6 Å². The number of carbonyl (C=O) groups is 1. The highest BCUT2D eigenvalue weighted by Gasteiger charge is 2.29. The zero-order valence-corrected chi connectivity index (χ0v) is 12.5. The van der Waals surface area contributed by atoms with E-state index in [2.05, 4.69) is 5.10 Å². The molecule has 22 heavy (non-hydrogen) atoms. The molecule has 8 heteroatoms. The number of phenols is 1. The maximum Gasteiger partial charge on any atom is 0.252 e. The molecule has 1 atom stereocenters. The summed E-state index contributed by atoms with van der Waals surface area (Å²) in [5.41, 5.74) is 6.65. The highest BCUT2D eigenvalue weighted by atomic mass is 32.2. The zero-order chi connectivity index (χ0) is 15.9. The molecule has 0 unspecified atom stereocenters. The highest BCUT2D eigenvalue weighted by molar-refractivity contribution is 7.91. The number of aromatic nitrogens is 2. The van der Waals surface area contributed by atoms with Crippen molar-refractivity contribution < 1.29 is 18.3 Å². The Hall–Kier alpha value is -2.35. The van der Waals surface area contributed by atoms with E-state index in [9.17, 15) is 18.3 Å². The number of hydrogen-bond donors (Lipinski definition) is 2. The van der Waals surface area contributed by atoms with Gasteiger partial charge in [0.05, 0.1) is 29.3 Å². The predicted octanol–water partition coefficient (Wildman–Crippen LogP) is 0.714. The fourth-order valence-corrected chi connectivity index (χ4v) is 4.29. The van der Waals surface area contributed by atoms with Crippen molar-refractivity contribution in [3.63, 3.8) is 0 Å². The molecule has 0 radical (unpaired) electrons. The fraction of sp³-hybridized carbons (Fsp3) is 0.286. The van der Waals surface area contributed by atoms with Gasteiger partial charge in [-0.1, -0.05) is 6.07 Å². The van der Waals surface area contributed by atoms with E-state index in [4.69, 9.17) is 5.73 Å². The quantitative estimate of drug-likeness (QED) is 0.864. The Balaban J connectivity index is 1.91. The lowest BCUT2D eigenvalue weighted by molar-refractivity contribution is 0.0998. The number of aromatic hydroxyl groups is 1. The van der Waals surface area contributed by atoms with Crippen LogP contribution in [0.5, 0.6) is 5.75 Å². The van der Waals surface area contributed by atoms with Gasteiger partial charge >= 0.3 is 0 Å². The number of primary amides is 1. The van der Waals surface area contributed by atoms with Crippen LogP contribution in [0.4, 0.5) is 0 Å². The molecule has 1 saturated heterocycles. The maximum absolute atomic E-state index is 11.5. The smallest absolute Gasteiger partial charge is 0.252 e. The molecule has 3 rings (SSSR count). The molecule has 1 aliphatic rings. The lowest BCUT2D eigenvalue weighted by Gasteiger charge is -2.07. The molecule has 2 aromatic rings. The minimum atomic E-state index is -2.98. The van der Waals surface area contributed by atoms with Gasteiger partial charge in [-0.15, -0.1) is 0 Å². The van der Waals surface area contributed by atoms with E-state index in [1.54, 1.807) is 23.1 Å². The zero-order valence-electron chi connectivity index (χ0n) is 11.6. The summed E-state index contributed by atoms with van der Waals surface area (Å²) in [6.45, 7) is 0. The summed E-state index contributed by atoms with van der Waals surface area (Å²) in [6, 6.07) is 4.37. The molecule has 1 fully saturated rings. The van der Waals surface area contributed by atoms with E-state index in [1.807, 2.05) is 0 Å². The SMILES string of the molecule is NC(=O)c1cc(-c2cnn([C@@H]3CCS(=O)(=O)C3)c2)ccc1O. The number of rotatable bonds is 3. The van der Waals surface area contributed by atoms with Gasteiger partial charge in [0.1, 0.15) is 5.75 Å². The average molecular weight is 321 g/mol. The molecule has 0 spiro atoms. The molecule has 0 aliphatic carbocycles. The summed E-state index contributed by atoms with van der Waals surface area (Å²) in [6.07, 6.45) is 3.89. The van der Waals surface area contributed by atoms with Crippen molar-refractivity contribution in [2.24, 2.45) is 5.73 Å². The third-order valence-electron chi connectivity index (χ3n) is 3.78. The molecule has 0 saturated carbocycles. The Bertz CT molecular complexity index is 842. The van der Waals surface area contributed by atoms with Crippen LogP contribution >= 0.6 is 0 Å². The number of sulfone groups is 1. The summed E-state index contributed by atoms with van der Waals surface area (Å²) in [4.78, 5) is 11.3. The minimum Gasteiger partial charge on any atom is -0.507 e. The van der Waals surface area contributed by atoms with Gasteiger partial charge < -0.3 is 10.8 Å². The maximum atomic E-state index is 11.5. The van der Waals surface area contributed by atoms with Crippen molar-refractivity contribution in [1.29, 1.82) is 0 Å².